The molecular formula is C26H29FN6O. The highest BCUT2D eigenvalue weighted by Gasteiger charge is 2.27. The average Bonchev–Trinajstić information content (AvgIpc) is 3.44. The first-order valence-corrected chi connectivity index (χ1v) is 11.7. The lowest BCUT2D eigenvalue weighted by atomic mass is 10.2. The first-order valence-electron chi connectivity index (χ1n) is 11.7. The van der Waals surface area contributed by atoms with E-state index in [1.54, 1.807) is 16.8 Å². The second-order valence-electron chi connectivity index (χ2n) is 8.67. The third kappa shape index (κ3) is 4.21. The van der Waals surface area contributed by atoms with Crippen molar-refractivity contribution in [2.45, 2.75) is 39.8 Å². The molecule has 8 heteroatoms. The van der Waals surface area contributed by atoms with Crippen LogP contribution in [0.15, 0.2) is 48.5 Å². The molecule has 176 valence electrons. The van der Waals surface area contributed by atoms with Crippen molar-refractivity contribution in [2.75, 3.05) is 24.6 Å². The number of hydrogen-bond donors (Lipinski definition) is 1. The Morgan fingerprint density at radius 1 is 1.12 bits per heavy atom. The third-order valence-electron chi connectivity index (χ3n) is 6.37. The van der Waals surface area contributed by atoms with Crippen LogP contribution in [-0.2, 0) is 6.54 Å². The van der Waals surface area contributed by atoms with Gasteiger partial charge in [-0.2, -0.15) is 10.2 Å². The quantitative estimate of drug-likeness (QED) is 0.443. The zero-order valence-electron chi connectivity index (χ0n) is 19.8. The standard InChI is InChI=1S/C26H29FN6O/c1-4-34-21-10-11-23(22(27)14-21)33-18(3)24-17(2)29-30-26(25(24)31-33)32-13-12-20(16-32)28-15-19-8-6-5-7-9-19/h5-11,14,20,28H,4,12-13,15-16H2,1-3H3/t20-/m1/s1. The number of aromatic nitrogens is 4. The molecule has 0 spiro atoms. The molecule has 2 aromatic heterocycles. The van der Waals surface area contributed by atoms with Gasteiger partial charge in [0.15, 0.2) is 11.6 Å². The van der Waals surface area contributed by atoms with Crippen LogP contribution in [-0.4, -0.2) is 45.7 Å². The zero-order valence-corrected chi connectivity index (χ0v) is 19.8. The summed E-state index contributed by atoms with van der Waals surface area (Å²) in [6, 6.07) is 15.6. The van der Waals surface area contributed by atoms with E-state index in [2.05, 4.69) is 44.7 Å². The summed E-state index contributed by atoms with van der Waals surface area (Å²) in [5, 5.41) is 18.3. The van der Waals surface area contributed by atoms with Crippen molar-refractivity contribution < 1.29 is 9.13 Å². The molecule has 1 fully saturated rings. The summed E-state index contributed by atoms with van der Waals surface area (Å²) in [5.74, 6) is 0.871. The van der Waals surface area contributed by atoms with Gasteiger partial charge in [-0.3, -0.25) is 0 Å². The monoisotopic (exact) mass is 460 g/mol. The molecule has 0 unspecified atom stereocenters. The van der Waals surface area contributed by atoms with Crippen LogP contribution >= 0.6 is 0 Å². The van der Waals surface area contributed by atoms with Gasteiger partial charge in [-0.05, 0) is 44.9 Å². The van der Waals surface area contributed by atoms with Crippen LogP contribution in [0.2, 0.25) is 0 Å². The van der Waals surface area contributed by atoms with Gasteiger partial charge >= 0.3 is 0 Å². The van der Waals surface area contributed by atoms with Crippen molar-refractivity contribution in [1.29, 1.82) is 0 Å². The Balaban J connectivity index is 1.43. The van der Waals surface area contributed by atoms with Crippen molar-refractivity contribution in [3.63, 3.8) is 0 Å². The van der Waals surface area contributed by atoms with Crippen LogP contribution in [0.1, 0.15) is 30.3 Å². The van der Waals surface area contributed by atoms with Gasteiger partial charge in [0, 0.05) is 31.7 Å². The highest BCUT2D eigenvalue weighted by molar-refractivity contribution is 5.92. The highest BCUT2D eigenvalue weighted by Crippen LogP contribution is 2.32. The van der Waals surface area contributed by atoms with E-state index in [1.807, 2.05) is 26.8 Å². The molecule has 5 rings (SSSR count). The molecule has 0 radical (unpaired) electrons. The molecule has 0 bridgehead atoms. The molecule has 0 aliphatic carbocycles. The second-order valence-corrected chi connectivity index (χ2v) is 8.67. The lowest BCUT2D eigenvalue weighted by molar-refractivity contribution is 0.338. The number of nitrogens with zero attached hydrogens (tertiary/aromatic N) is 5. The molecule has 1 aliphatic rings. The Morgan fingerprint density at radius 2 is 1.94 bits per heavy atom. The Kier molecular flexibility index (Phi) is 6.15. The minimum absolute atomic E-state index is 0.352. The van der Waals surface area contributed by atoms with E-state index in [1.165, 1.54) is 11.6 Å². The number of fused-ring (bicyclic) bond motifs is 1. The zero-order chi connectivity index (χ0) is 23.7. The lowest BCUT2D eigenvalue weighted by Crippen LogP contribution is -2.32. The number of ether oxygens (including phenoxy) is 1. The number of halogens is 1. The predicted octanol–water partition coefficient (Wildman–Crippen LogP) is 4.34. The van der Waals surface area contributed by atoms with Gasteiger partial charge in [-0.15, -0.1) is 5.10 Å². The van der Waals surface area contributed by atoms with E-state index in [-0.39, 0.29) is 5.82 Å². The van der Waals surface area contributed by atoms with E-state index in [0.29, 0.717) is 24.1 Å². The molecule has 1 atom stereocenters. The van der Waals surface area contributed by atoms with Gasteiger partial charge < -0.3 is 15.0 Å². The summed E-state index contributed by atoms with van der Waals surface area (Å²) < 4.78 is 22.0. The van der Waals surface area contributed by atoms with Gasteiger partial charge in [0.1, 0.15) is 17.0 Å². The Hall–Kier alpha value is -3.52. The molecule has 2 aromatic carbocycles. The lowest BCUT2D eigenvalue weighted by Gasteiger charge is -2.18. The molecule has 4 aromatic rings. The van der Waals surface area contributed by atoms with Crippen molar-refractivity contribution in [2.24, 2.45) is 0 Å². The Bertz CT molecular complexity index is 1310. The van der Waals surface area contributed by atoms with E-state index >= 15 is 0 Å². The van der Waals surface area contributed by atoms with Crippen LogP contribution in [0.5, 0.6) is 5.75 Å². The molecule has 1 saturated heterocycles. The van der Waals surface area contributed by atoms with Gasteiger partial charge in [0.25, 0.3) is 0 Å². The van der Waals surface area contributed by atoms with Crippen LogP contribution in [0.4, 0.5) is 10.2 Å². The van der Waals surface area contributed by atoms with Gasteiger partial charge in [0.2, 0.25) is 0 Å². The summed E-state index contributed by atoms with van der Waals surface area (Å²) in [5.41, 5.74) is 4.02. The number of anilines is 1. The summed E-state index contributed by atoms with van der Waals surface area (Å²) in [6.07, 6.45) is 1.01. The van der Waals surface area contributed by atoms with Crippen LogP contribution in [0.3, 0.4) is 0 Å². The van der Waals surface area contributed by atoms with E-state index in [4.69, 9.17) is 9.84 Å². The van der Waals surface area contributed by atoms with Gasteiger partial charge in [-0.25, -0.2) is 9.07 Å². The van der Waals surface area contributed by atoms with E-state index in [0.717, 1.165) is 54.2 Å². The molecule has 7 nitrogen and oxygen atoms in total. The second kappa shape index (κ2) is 9.38. The number of hydrogen-bond acceptors (Lipinski definition) is 6. The topological polar surface area (TPSA) is 68.1 Å². The Labute approximate surface area is 198 Å². The molecule has 0 amide bonds. The van der Waals surface area contributed by atoms with E-state index in [9.17, 15) is 4.39 Å². The first kappa shape index (κ1) is 22.3. The smallest absolute Gasteiger partial charge is 0.179 e. The number of aryl methyl sites for hydroxylation is 2. The molecule has 1 N–H and O–H groups in total. The highest BCUT2D eigenvalue weighted by atomic mass is 19.1. The normalized spacial score (nSPS) is 15.9. The molecule has 34 heavy (non-hydrogen) atoms. The molecular weight excluding hydrogens is 431 g/mol. The summed E-state index contributed by atoms with van der Waals surface area (Å²) in [7, 11) is 0. The van der Waals surface area contributed by atoms with Crippen LogP contribution in [0, 0.1) is 19.7 Å². The third-order valence-corrected chi connectivity index (χ3v) is 6.37. The molecule has 3 heterocycles. The van der Waals surface area contributed by atoms with Crippen LogP contribution < -0.4 is 15.0 Å². The number of nitrogens with one attached hydrogen (secondary N) is 1. The Morgan fingerprint density at radius 3 is 2.71 bits per heavy atom. The minimum Gasteiger partial charge on any atom is -0.494 e. The fourth-order valence-corrected chi connectivity index (χ4v) is 4.65. The fraction of sp³-hybridized carbons (Fsp3) is 0.346. The maximum Gasteiger partial charge on any atom is 0.179 e. The SMILES string of the molecule is CCOc1ccc(-n2nc3c(N4CC[C@@H](NCc5ccccc5)C4)nnc(C)c3c2C)c(F)c1. The average molecular weight is 461 g/mol. The number of rotatable bonds is 7. The summed E-state index contributed by atoms with van der Waals surface area (Å²) in [6.45, 7) is 8.74. The predicted molar refractivity (Wildman–Crippen MR) is 131 cm³/mol. The van der Waals surface area contributed by atoms with E-state index < -0.39 is 0 Å². The molecule has 0 saturated carbocycles. The van der Waals surface area contributed by atoms with Gasteiger partial charge in [0.05, 0.1) is 23.4 Å². The van der Waals surface area contributed by atoms with Crippen molar-refractivity contribution in [1.82, 2.24) is 25.3 Å². The van der Waals surface area contributed by atoms with Crippen molar-refractivity contribution in [3.8, 4) is 11.4 Å². The maximum atomic E-state index is 15.0. The minimum atomic E-state index is -0.381. The largest absolute Gasteiger partial charge is 0.494 e. The molecule has 1 aliphatic heterocycles. The summed E-state index contributed by atoms with van der Waals surface area (Å²) in [4.78, 5) is 2.22. The number of benzene rings is 2. The fourth-order valence-electron chi connectivity index (χ4n) is 4.65. The van der Waals surface area contributed by atoms with Gasteiger partial charge in [-0.1, -0.05) is 30.3 Å². The first-order chi connectivity index (χ1) is 16.5. The summed E-state index contributed by atoms with van der Waals surface area (Å²) >= 11 is 0. The van der Waals surface area contributed by atoms with Crippen molar-refractivity contribution >= 4 is 16.7 Å². The maximum absolute atomic E-state index is 15.0. The van der Waals surface area contributed by atoms with Crippen molar-refractivity contribution in [3.05, 3.63) is 71.3 Å². The van der Waals surface area contributed by atoms with Crippen LogP contribution in [0.25, 0.3) is 16.6 Å².